The molecular formula is C21H22N4O4S2. The zero-order chi connectivity index (χ0) is 22.4. The van der Waals surface area contributed by atoms with Gasteiger partial charge in [0.25, 0.3) is 5.56 Å². The quantitative estimate of drug-likeness (QED) is 0.351. The SMILES string of the molecule is CCCc1cc(=O)[nH]c(S[C@@H](C(=O)Nc2ccc(S(N)(=O)=O)cc2)c2ccccc2)n1. The molecule has 8 nitrogen and oxygen atoms in total. The van der Waals surface area contributed by atoms with Crippen molar-refractivity contribution in [3.05, 3.63) is 82.3 Å². The number of primary sulfonamides is 1. The standard InChI is InChI=1S/C21H22N4O4S2/c1-2-6-16-13-18(26)25-21(24-16)30-19(14-7-4-3-5-8-14)20(27)23-15-9-11-17(12-10-15)31(22,28)29/h3-5,7-13,19H,2,6H2,1H3,(H,23,27)(H2,22,28,29)(H,24,25,26)/t19-/m1/s1. The predicted molar refractivity (Wildman–Crippen MR) is 120 cm³/mol. The molecule has 0 fully saturated rings. The third-order valence-electron chi connectivity index (χ3n) is 4.30. The average molecular weight is 459 g/mol. The lowest BCUT2D eigenvalue weighted by Gasteiger charge is -2.17. The van der Waals surface area contributed by atoms with Crippen LogP contribution in [0.4, 0.5) is 5.69 Å². The number of nitrogens with one attached hydrogen (secondary N) is 2. The molecule has 1 amide bonds. The van der Waals surface area contributed by atoms with Crippen LogP contribution in [0.5, 0.6) is 0 Å². The van der Waals surface area contributed by atoms with Gasteiger partial charge in [0.1, 0.15) is 5.25 Å². The minimum absolute atomic E-state index is 0.0472. The molecule has 0 aliphatic rings. The minimum Gasteiger partial charge on any atom is -0.325 e. The molecule has 0 aliphatic heterocycles. The maximum Gasteiger partial charge on any atom is 0.251 e. The summed E-state index contributed by atoms with van der Waals surface area (Å²) < 4.78 is 22.8. The van der Waals surface area contributed by atoms with Crippen molar-refractivity contribution in [3.8, 4) is 0 Å². The first-order valence-electron chi connectivity index (χ1n) is 9.52. The highest BCUT2D eigenvalue weighted by atomic mass is 32.2. The van der Waals surface area contributed by atoms with Gasteiger partial charge in [0.05, 0.1) is 4.90 Å². The lowest BCUT2D eigenvalue weighted by molar-refractivity contribution is -0.115. The summed E-state index contributed by atoms with van der Waals surface area (Å²) in [4.78, 5) is 32.2. The van der Waals surface area contributed by atoms with Gasteiger partial charge in [-0.1, -0.05) is 55.4 Å². The molecule has 0 aliphatic carbocycles. The number of nitrogens with zero attached hydrogens (tertiary/aromatic N) is 1. The van der Waals surface area contributed by atoms with Crippen molar-refractivity contribution >= 4 is 33.4 Å². The highest BCUT2D eigenvalue weighted by Gasteiger charge is 2.24. The van der Waals surface area contributed by atoms with Crippen LogP contribution in [0.1, 0.15) is 29.9 Å². The van der Waals surface area contributed by atoms with Gasteiger partial charge in [-0.05, 0) is 36.2 Å². The van der Waals surface area contributed by atoms with E-state index < -0.39 is 15.3 Å². The number of anilines is 1. The molecule has 31 heavy (non-hydrogen) atoms. The summed E-state index contributed by atoms with van der Waals surface area (Å²) in [6, 6.07) is 16.1. The molecule has 1 heterocycles. The van der Waals surface area contributed by atoms with Crippen LogP contribution in [0.2, 0.25) is 0 Å². The molecule has 0 spiro atoms. The summed E-state index contributed by atoms with van der Waals surface area (Å²) in [6.07, 6.45) is 1.51. The number of H-pyrrole nitrogens is 1. The fourth-order valence-corrected chi connectivity index (χ4v) is 4.40. The molecule has 0 bridgehead atoms. The fraction of sp³-hybridized carbons (Fsp3) is 0.190. The third kappa shape index (κ3) is 6.27. The number of aromatic nitrogens is 2. The summed E-state index contributed by atoms with van der Waals surface area (Å²) in [6.45, 7) is 2.00. The second-order valence-electron chi connectivity index (χ2n) is 6.76. The van der Waals surface area contributed by atoms with Crippen molar-refractivity contribution < 1.29 is 13.2 Å². The Labute approximate surface area is 184 Å². The van der Waals surface area contributed by atoms with Gasteiger partial charge in [-0.2, -0.15) is 0 Å². The number of amides is 1. The van der Waals surface area contributed by atoms with E-state index in [2.05, 4.69) is 15.3 Å². The lowest BCUT2D eigenvalue weighted by Crippen LogP contribution is -2.20. The van der Waals surface area contributed by atoms with E-state index in [-0.39, 0.29) is 16.4 Å². The fourth-order valence-electron chi connectivity index (χ4n) is 2.87. The summed E-state index contributed by atoms with van der Waals surface area (Å²) >= 11 is 1.14. The van der Waals surface area contributed by atoms with E-state index in [1.807, 2.05) is 37.3 Å². The van der Waals surface area contributed by atoms with Gasteiger partial charge in [0.15, 0.2) is 5.16 Å². The number of sulfonamides is 1. The normalized spacial score (nSPS) is 12.3. The number of thioether (sulfide) groups is 1. The highest BCUT2D eigenvalue weighted by molar-refractivity contribution is 8.00. The van der Waals surface area contributed by atoms with Crippen molar-refractivity contribution in [3.63, 3.8) is 0 Å². The van der Waals surface area contributed by atoms with E-state index in [1.54, 1.807) is 0 Å². The lowest BCUT2D eigenvalue weighted by atomic mass is 10.1. The van der Waals surface area contributed by atoms with Gasteiger partial charge in [-0.3, -0.25) is 9.59 Å². The molecule has 10 heteroatoms. The van der Waals surface area contributed by atoms with Crippen molar-refractivity contribution in [2.75, 3.05) is 5.32 Å². The largest absolute Gasteiger partial charge is 0.325 e. The van der Waals surface area contributed by atoms with Gasteiger partial charge in [-0.15, -0.1) is 0 Å². The molecule has 3 rings (SSSR count). The monoisotopic (exact) mass is 458 g/mol. The van der Waals surface area contributed by atoms with Crippen molar-refractivity contribution in [1.82, 2.24) is 9.97 Å². The third-order valence-corrected chi connectivity index (χ3v) is 6.37. The maximum atomic E-state index is 13.1. The number of aryl methyl sites for hydroxylation is 1. The van der Waals surface area contributed by atoms with Gasteiger partial charge in [0, 0.05) is 17.4 Å². The number of benzene rings is 2. The molecule has 1 atom stereocenters. The average Bonchev–Trinajstić information content (AvgIpc) is 2.72. The van der Waals surface area contributed by atoms with E-state index in [1.165, 1.54) is 30.3 Å². The number of nitrogens with two attached hydrogens (primary N) is 1. The van der Waals surface area contributed by atoms with Crippen LogP contribution in [-0.2, 0) is 21.2 Å². The molecule has 0 saturated heterocycles. The van der Waals surface area contributed by atoms with Crippen molar-refractivity contribution in [2.24, 2.45) is 5.14 Å². The first-order chi connectivity index (χ1) is 14.8. The van der Waals surface area contributed by atoms with Crippen LogP contribution in [0.15, 0.2) is 75.5 Å². The topological polar surface area (TPSA) is 135 Å². The Hall–Kier alpha value is -2.95. The van der Waals surface area contributed by atoms with Crippen LogP contribution in [-0.4, -0.2) is 24.3 Å². The first-order valence-corrected chi connectivity index (χ1v) is 11.9. The summed E-state index contributed by atoms with van der Waals surface area (Å²) in [5.74, 6) is -0.344. The van der Waals surface area contributed by atoms with Crippen molar-refractivity contribution in [2.45, 2.75) is 35.1 Å². The van der Waals surface area contributed by atoms with Gasteiger partial charge in [-0.25, -0.2) is 18.5 Å². The second kappa shape index (κ2) is 9.90. The Balaban J connectivity index is 1.88. The molecule has 0 saturated carbocycles. The van der Waals surface area contributed by atoms with Gasteiger partial charge in [0.2, 0.25) is 15.9 Å². The van der Waals surface area contributed by atoms with E-state index in [0.717, 1.165) is 23.7 Å². The minimum atomic E-state index is -3.82. The van der Waals surface area contributed by atoms with E-state index in [0.29, 0.717) is 23.0 Å². The Morgan fingerprint density at radius 2 is 1.84 bits per heavy atom. The molecule has 0 unspecified atom stereocenters. The highest BCUT2D eigenvalue weighted by Crippen LogP contribution is 2.34. The zero-order valence-corrected chi connectivity index (χ0v) is 18.4. The maximum absolute atomic E-state index is 13.1. The number of carbonyl (C=O) groups excluding carboxylic acids is 1. The number of hydrogen-bond acceptors (Lipinski definition) is 6. The van der Waals surface area contributed by atoms with Gasteiger partial charge >= 0.3 is 0 Å². The van der Waals surface area contributed by atoms with E-state index >= 15 is 0 Å². The number of carbonyl (C=O) groups is 1. The molecule has 2 aromatic carbocycles. The molecule has 4 N–H and O–H groups in total. The molecule has 3 aromatic rings. The van der Waals surface area contributed by atoms with E-state index in [4.69, 9.17) is 5.14 Å². The Kier molecular flexibility index (Phi) is 7.26. The summed E-state index contributed by atoms with van der Waals surface area (Å²) in [5, 5.41) is 7.54. The van der Waals surface area contributed by atoms with E-state index in [9.17, 15) is 18.0 Å². The zero-order valence-electron chi connectivity index (χ0n) is 16.7. The summed E-state index contributed by atoms with van der Waals surface area (Å²) in [7, 11) is -3.82. The molecule has 1 aromatic heterocycles. The second-order valence-corrected chi connectivity index (χ2v) is 9.41. The number of rotatable bonds is 8. The van der Waals surface area contributed by atoms with Crippen LogP contribution in [0.25, 0.3) is 0 Å². The summed E-state index contributed by atoms with van der Waals surface area (Å²) in [5.41, 5.74) is 1.54. The van der Waals surface area contributed by atoms with Gasteiger partial charge < -0.3 is 10.3 Å². The first kappa shape index (κ1) is 22.7. The number of aromatic amines is 1. The predicted octanol–water partition coefficient (Wildman–Crippen LogP) is 2.84. The Morgan fingerprint density at radius 1 is 1.16 bits per heavy atom. The van der Waals surface area contributed by atoms with Crippen LogP contribution < -0.4 is 16.0 Å². The molecule has 162 valence electrons. The molecule has 0 radical (unpaired) electrons. The number of hydrogen-bond donors (Lipinski definition) is 3. The van der Waals surface area contributed by atoms with Crippen LogP contribution in [0, 0.1) is 0 Å². The van der Waals surface area contributed by atoms with Crippen LogP contribution in [0.3, 0.4) is 0 Å². The van der Waals surface area contributed by atoms with Crippen LogP contribution >= 0.6 is 11.8 Å². The Morgan fingerprint density at radius 3 is 2.45 bits per heavy atom. The Bertz CT molecular complexity index is 1210. The smallest absolute Gasteiger partial charge is 0.251 e. The molecular weight excluding hydrogens is 436 g/mol. The van der Waals surface area contributed by atoms with Crippen molar-refractivity contribution in [1.29, 1.82) is 0 Å².